The Hall–Kier alpha value is -6.58. The van der Waals surface area contributed by atoms with Crippen LogP contribution in [-0.2, 0) is 20.5 Å². The van der Waals surface area contributed by atoms with Crippen LogP contribution in [-0.4, -0.2) is 93.4 Å². The van der Waals surface area contributed by atoms with Crippen molar-refractivity contribution in [1.29, 1.82) is 0 Å². The molecule has 372 valence electrons. The third-order valence-corrected chi connectivity index (χ3v) is 18.2. The van der Waals surface area contributed by atoms with Crippen molar-refractivity contribution >= 4 is 43.7 Å². The first-order valence-corrected chi connectivity index (χ1v) is 26.9. The number of ether oxygens (including phenoxy) is 5. The van der Waals surface area contributed by atoms with Crippen LogP contribution in [0.1, 0.15) is 98.2 Å². The summed E-state index contributed by atoms with van der Waals surface area (Å²) in [6, 6.07) is 13.2. The van der Waals surface area contributed by atoms with E-state index in [9.17, 15) is 19.2 Å². The molecule has 14 nitrogen and oxygen atoms in total. The number of hydrogen-bond acceptors (Lipinski definition) is 10. The summed E-state index contributed by atoms with van der Waals surface area (Å²) in [5.74, 6) is 0.592. The normalized spacial score (nSPS) is 20.0. The molecule has 4 aliphatic heterocycles. The summed E-state index contributed by atoms with van der Waals surface area (Å²) >= 11 is 0. The first kappa shape index (κ1) is 51.3. The molecule has 70 heavy (non-hydrogen) atoms. The van der Waals surface area contributed by atoms with E-state index in [1.807, 2.05) is 95.6 Å². The molecule has 4 atom stereocenters. The van der Waals surface area contributed by atoms with Crippen LogP contribution in [0.2, 0.25) is 18.1 Å². The van der Waals surface area contributed by atoms with Gasteiger partial charge in [0.25, 0.3) is 11.8 Å². The van der Waals surface area contributed by atoms with Crippen LogP contribution in [0.5, 0.6) is 17.2 Å². The SMILES string of the molecule is C=CCOC(=O)N1c2cc(OCCCOc3cc4c(cc3OC)C(=O)N3C=C(/C=C/C)C[C@H]3[C@H](C)N4C(=O)OCc3ccc(C)cc3)c(C)cc2C(=O)N2C=C(/C=C/C)C[C@H]2[C@@H]1O[Si](C)(C)C(C)(C)C. The lowest BCUT2D eigenvalue weighted by Crippen LogP contribution is -2.57. The van der Waals surface area contributed by atoms with Gasteiger partial charge < -0.3 is 37.9 Å². The number of carbonyl (C=O) groups is 4. The van der Waals surface area contributed by atoms with E-state index in [1.54, 1.807) is 39.0 Å². The van der Waals surface area contributed by atoms with Gasteiger partial charge in [-0.3, -0.25) is 14.5 Å². The predicted octanol–water partition coefficient (Wildman–Crippen LogP) is 11.5. The highest BCUT2D eigenvalue weighted by molar-refractivity contribution is 6.74. The second kappa shape index (κ2) is 21.2. The fourth-order valence-electron chi connectivity index (χ4n) is 9.02. The van der Waals surface area contributed by atoms with Gasteiger partial charge in [0.1, 0.15) is 19.0 Å². The summed E-state index contributed by atoms with van der Waals surface area (Å²) in [5, 5.41) is -0.216. The van der Waals surface area contributed by atoms with Gasteiger partial charge in [0.15, 0.2) is 26.0 Å². The molecule has 0 N–H and O–H groups in total. The maximum absolute atomic E-state index is 14.6. The van der Waals surface area contributed by atoms with Gasteiger partial charge in [0, 0.05) is 31.0 Å². The van der Waals surface area contributed by atoms with Crippen LogP contribution in [0.4, 0.5) is 21.0 Å². The number of hydrogen-bond donors (Lipinski definition) is 0. The van der Waals surface area contributed by atoms with Gasteiger partial charge in [-0.2, -0.15) is 0 Å². The Balaban J connectivity index is 1.15. The first-order valence-electron chi connectivity index (χ1n) is 24.0. The van der Waals surface area contributed by atoms with Gasteiger partial charge in [-0.05, 0) is 100.0 Å². The van der Waals surface area contributed by atoms with E-state index in [2.05, 4.69) is 40.4 Å². The van der Waals surface area contributed by atoms with Crippen LogP contribution in [0.3, 0.4) is 0 Å². The number of fused-ring (bicyclic) bond motifs is 4. The number of rotatable bonds is 15. The van der Waals surface area contributed by atoms with Gasteiger partial charge in [-0.1, -0.05) is 87.6 Å². The van der Waals surface area contributed by atoms with Crippen molar-refractivity contribution in [3.63, 3.8) is 0 Å². The van der Waals surface area contributed by atoms with Gasteiger partial charge in [-0.25, -0.2) is 14.5 Å². The number of aryl methyl sites for hydroxylation is 2. The molecule has 3 aromatic carbocycles. The molecule has 0 bridgehead atoms. The predicted molar refractivity (Wildman–Crippen MR) is 274 cm³/mol. The summed E-state index contributed by atoms with van der Waals surface area (Å²) in [4.78, 5) is 63.9. The van der Waals surface area contributed by atoms with Crippen molar-refractivity contribution in [3.05, 3.63) is 137 Å². The minimum Gasteiger partial charge on any atom is -0.493 e. The smallest absolute Gasteiger partial charge is 0.416 e. The zero-order chi connectivity index (χ0) is 50.7. The number of methoxy groups -OCH3 is 1. The Kier molecular flexibility index (Phi) is 15.5. The Morgan fingerprint density at radius 3 is 1.93 bits per heavy atom. The number of amides is 4. The molecule has 0 aliphatic carbocycles. The minimum absolute atomic E-state index is 0.0361. The van der Waals surface area contributed by atoms with E-state index in [0.717, 1.165) is 22.3 Å². The van der Waals surface area contributed by atoms with Gasteiger partial charge in [-0.15, -0.1) is 0 Å². The summed E-state index contributed by atoms with van der Waals surface area (Å²) < 4.78 is 37.4. The number of allylic oxidation sites excluding steroid dienone is 4. The molecule has 0 saturated heterocycles. The average molecular weight is 973 g/mol. The zero-order valence-electron chi connectivity index (χ0n) is 42.5. The number of benzene rings is 3. The average Bonchev–Trinajstić information content (AvgIpc) is 3.91. The van der Waals surface area contributed by atoms with Crippen molar-refractivity contribution in [2.24, 2.45) is 0 Å². The maximum atomic E-state index is 14.6. The topological polar surface area (TPSA) is 137 Å². The molecule has 15 heteroatoms. The van der Waals surface area contributed by atoms with E-state index >= 15 is 0 Å². The molecule has 4 amide bonds. The highest BCUT2D eigenvalue weighted by Crippen LogP contribution is 2.46. The third kappa shape index (κ3) is 10.5. The minimum atomic E-state index is -2.58. The van der Waals surface area contributed by atoms with Crippen molar-refractivity contribution in [3.8, 4) is 17.2 Å². The van der Waals surface area contributed by atoms with Crippen LogP contribution in [0.25, 0.3) is 0 Å². The molecular weight excluding hydrogens is 905 g/mol. The molecule has 4 aliphatic rings. The second-order valence-electron chi connectivity index (χ2n) is 19.7. The van der Waals surface area contributed by atoms with Crippen molar-refractivity contribution in [2.45, 2.75) is 124 Å². The lowest BCUT2D eigenvalue weighted by atomic mass is 10.0. The van der Waals surface area contributed by atoms with Crippen LogP contribution in [0, 0.1) is 13.8 Å². The van der Waals surface area contributed by atoms with Crippen LogP contribution >= 0.6 is 0 Å². The highest BCUT2D eigenvalue weighted by atomic mass is 28.4. The van der Waals surface area contributed by atoms with E-state index in [-0.39, 0.29) is 54.9 Å². The van der Waals surface area contributed by atoms with E-state index in [4.69, 9.17) is 28.1 Å². The molecule has 3 aromatic rings. The fraction of sp³-hybridized carbons (Fsp3) is 0.418. The molecule has 7 rings (SSSR count). The standard InChI is InChI=1S/C55H68N4O10Si/c1-13-17-39-27-43-37(6)58(53(62)68-34-38-21-19-35(4)20-22-38)44-31-49(48(64-10)29-42(44)51(61)56(43)32-39)66-25-16-24-65-47-30-45-41(26-36(47)5)50(60)57-33-40(18-14-2)28-46(57)52(59(45)54(63)67-23-15-3)69-70(11,12)55(7,8)9/h13-15,17-22,26,29-33,37,43,46,52H,3,16,23-25,27-28,34H2,1-2,4-12H3/b17-13+,18-14+/t37-,43-,46-,52-/m0/s1. The first-order chi connectivity index (χ1) is 33.3. The summed E-state index contributed by atoms with van der Waals surface area (Å²) in [7, 11) is -1.07. The molecular formula is C55H68N4O10Si. The highest BCUT2D eigenvalue weighted by Gasteiger charge is 2.51. The van der Waals surface area contributed by atoms with Gasteiger partial charge >= 0.3 is 12.2 Å². The molecule has 0 spiro atoms. The van der Waals surface area contributed by atoms with Crippen LogP contribution < -0.4 is 24.0 Å². The number of nitrogens with zero attached hydrogens (tertiary/aromatic N) is 4. The largest absolute Gasteiger partial charge is 0.493 e. The summed E-state index contributed by atoms with van der Waals surface area (Å²) in [6.07, 6.45) is 12.3. The second-order valence-corrected chi connectivity index (χ2v) is 24.5. The van der Waals surface area contributed by atoms with Crippen LogP contribution in [0.15, 0.2) is 109 Å². The molecule has 0 radical (unpaired) electrons. The summed E-state index contributed by atoms with van der Waals surface area (Å²) in [5.41, 5.74) is 5.83. The quantitative estimate of drug-likeness (QED) is 0.0822. The van der Waals surface area contributed by atoms with Crippen molar-refractivity contribution in [2.75, 3.05) is 36.7 Å². The molecule has 4 heterocycles. The molecule has 0 fully saturated rings. The lowest BCUT2D eigenvalue weighted by Gasteiger charge is -2.44. The molecule has 0 unspecified atom stereocenters. The molecule has 0 aromatic heterocycles. The Morgan fingerprint density at radius 1 is 0.771 bits per heavy atom. The zero-order valence-corrected chi connectivity index (χ0v) is 43.5. The third-order valence-electron chi connectivity index (χ3n) is 13.8. The Labute approximate surface area is 413 Å². The number of carbonyl (C=O) groups excluding carboxylic acids is 4. The number of anilines is 2. The maximum Gasteiger partial charge on any atom is 0.416 e. The van der Waals surface area contributed by atoms with Gasteiger partial charge in [0.2, 0.25) is 0 Å². The van der Waals surface area contributed by atoms with E-state index in [0.29, 0.717) is 59.0 Å². The monoisotopic (exact) mass is 972 g/mol. The summed E-state index contributed by atoms with van der Waals surface area (Å²) in [6.45, 7) is 24.4. The van der Waals surface area contributed by atoms with E-state index < -0.39 is 38.8 Å². The van der Waals surface area contributed by atoms with Crippen molar-refractivity contribution < 1.29 is 47.3 Å². The Morgan fingerprint density at radius 2 is 1.33 bits per heavy atom. The Bertz CT molecular complexity index is 2630. The lowest BCUT2D eigenvalue weighted by molar-refractivity contribution is 0.0589. The molecule has 0 saturated carbocycles. The van der Waals surface area contributed by atoms with E-state index in [1.165, 1.54) is 18.1 Å². The van der Waals surface area contributed by atoms with Gasteiger partial charge in [0.05, 0.1) is 61.0 Å². The fourth-order valence-corrected chi connectivity index (χ4v) is 10.2. The van der Waals surface area contributed by atoms with Crippen molar-refractivity contribution in [1.82, 2.24) is 9.80 Å².